The summed E-state index contributed by atoms with van der Waals surface area (Å²) >= 11 is 0. The lowest BCUT2D eigenvalue weighted by Gasteiger charge is -1.99. The van der Waals surface area contributed by atoms with Gasteiger partial charge in [0, 0.05) is 24.4 Å². The van der Waals surface area contributed by atoms with E-state index < -0.39 is 0 Å². The normalized spacial score (nSPS) is 11.2. The van der Waals surface area contributed by atoms with Crippen LogP contribution in [0.1, 0.15) is 0 Å². The Balaban J connectivity index is 1.98. The Labute approximate surface area is 103 Å². The van der Waals surface area contributed by atoms with Crippen molar-refractivity contribution in [2.75, 3.05) is 13.7 Å². The highest BCUT2D eigenvalue weighted by Gasteiger charge is 2.09. The third kappa shape index (κ3) is 1.86. The van der Waals surface area contributed by atoms with Crippen molar-refractivity contribution >= 4 is 11.0 Å². The summed E-state index contributed by atoms with van der Waals surface area (Å²) in [7, 11) is 1.67. The van der Waals surface area contributed by atoms with Crippen LogP contribution in [0.15, 0.2) is 35.2 Å². The maximum absolute atomic E-state index is 5.02. The molecule has 0 spiro atoms. The molecule has 0 N–H and O–H groups in total. The number of rotatable bonds is 4. The molecule has 0 unspecified atom stereocenters. The molecule has 0 saturated carbocycles. The predicted molar refractivity (Wildman–Crippen MR) is 64.9 cm³/mol. The maximum atomic E-state index is 5.02. The third-order valence-corrected chi connectivity index (χ3v) is 2.75. The number of ether oxygens (including phenoxy) is 1. The second kappa shape index (κ2) is 4.58. The number of benzene rings is 1. The molecule has 0 fully saturated rings. The molecule has 6 heteroatoms. The van der Waals surface area contributed by atoms with E-state index in [1.807, 2.05) is 29.1 Å². The largest absolute Gasteiger partial charge is 0.383 e. The molecule has 0 amide bonds. The van der Waals surface area contributed by atoms with Crippen molar-refractivity contribution in [3.8, 4) is 11.1 Å². The quantitative estimate of drug-likeness (QED) is 0.699. The Kier molecular flexibility index (Phi) is 2.77. The molecular formula is C12H12N4O2. The van der Waals surface area contributed by atoms with Gasteiger partial charge in [-0.05, 0) is 16.4 Å². The van der Waals surface area contributed by atoms with Gasteiger partial charge in [-0.1, -0.05) is 12.1 Å². The number of fused-ring (bicyclic) bond motifs is 1. The molecule has 0 aliphatic heterocycles. The molecule has 0 aliphatic rings. The minimum atomic E-state index is 0.636. The van der Waals surface area contributed by atoms with Gasteiger partial charge in [0.2, 0.25) is 0 Å². The van der Waals surface area contributed by atoms with Crippen LogP contribution in [0.3, 0.4) is 0 Å². The molecule has 0 atom stereocenters. The van der Waals surface area contributed by atoms with Crippen molar-refractivity contribution in [3.05, 3.63) is 30.6 Å². The van der Waals surface area contributed by atoms with E-state index in [0.29, 0.717) is 6.61 Å². The van der Waals surface area contributed by atoms with Crippen LogP contribution in [-0.2, 0) is 11.3 Å². The number of methoxy groups -OCH3 is 1. The molecule has 0 saturated heterocycles. The molecule has 18 heavy (non-hydrogen) atoms. The van der Waals surface area contributed by atoms with E-state index in [9.17, 15) is 0 Å². The smallest absolute Gasteiger partial charge is 0.143 e. The minimum Gasteiger partial charge on any atom is -0.383 e. The lowest BCUT2D eigenvalue weighted by atomic mass is 10.1. The summed E-state index contributed by atoms with van der Waals surface area (Å²) in [6, 6.07) is 5.77. The number of nitrogens with zero attached hydrogens (tertiary/aromatic N) is 4. The topological polar surface area (TPSA) is 66.0 Å². The van der Waals surface area contributed by atoms with Crippen LogP contribution >= 0.6 is 0 Å². The summed E-state index contributed by atoms with van der Waals surface area (Å²) in [5.74, 6) is 0. The number of hydrogen-bond donors (Lipinski definition) is 0. The minimum absolute atomic E-state index is 0.636. The SMILES string of the molecule is COCCn1cc(-c2cccc3nonc23)cn1. The van der Waals surface area contributed by atoms with Crippen LogP contribution in [0.2, 0.25) is 0 Å². The van der Waals surface area contributed by atoms with Crippen molar-refractivity contribution in [3.63, 3.8) is 0 Å². The first-order valence-electron chi connectivity index (χ1n) is 5.61. The molecule has 92 valence electrons. The lowest BCUT2D eigenvalue weighted by molar-refractivity contribution is 0.183. The van der Waals surface area contributed by atoms with Crippen LogP contribution in [0, 0.1) is 0 Å². The van der Waals surface area contributed by atoms with Gasteiger partial charge in [0.05, 0.1) is 19.3 Å². The van der Waals surface area contributed by atoms with Crippen LogP contribution in [-0.4, -0.2) is 33.8 Å². The summed E-state index contributed by atoms with van der Waals surface area (Å²) in [6.45, 7) is 1.36. The summed E-state index contributed by atoms with van der Waals surface area (Å²) in [4.78, 5) is 0. The van der Waals surface area contributed by atoms with E-state index in [2.05, 4.69) is 15.4 Å². The molecule has 2 heterocycles. The monoisotopic (exact) mass is 244 g/mol. The van der Waals surface area contributed by atoms with Gasteiger partial charge in [-0.2, -0.15) is 5.10 Å². The number of hydrogen-bond acceptors (Lipinski definition) is 5. The van der Waals surface area contributed by atoms with Gasteiger partial charge in [-0.15, -0.1) is 0 Å². The highest BCUT2D eigenvalue weighted by molar-refractivity contribution is 5.90. The Morgan fingerprint density at radius 1 is 1.33 bits per heavy atom. The van der Waals surface area contributed by atoms with Gasteiger partial charge in [0.25, 0.3) is 0 Å². The number of aromatic nitrogens is 4. The highest BCUT2D eigenvalue weighted by Crippen LogP contribution is 2.25. The Morgan fingerprint density at radius 3 is 3.17 bits per heavy atom. The average molecular weight is 244 g/mol. The highest BCUT2D eigenvalue weighted by atomic mass is 16.6. The molecule has 3 aromatic rings. The van der Waals surface area contributed by atoms with Gasteiger partial charge in [-0.25, -0.2) is 4.63 Å². The van der Waals surface area contributed by atoms with Crippen molar-refractivity contribution in [2.24, 2.45) is 0 Å². The first kappa shape index (κ1) is 10.9. The van der Waals surface area contributed by atoms with Gasteiger partial charge in [-0.3, -0.25) is 4.68 Å². The van der Waals surface area contributed by atoms with Crippen LogP contribution in [0.4, 0.5) is 0 Å². The van der Waals surface area contributed by atoms with Crippen molar-refractivity contribution < 1.29 is 9.37 Å². The molecule has 2 aromatic heterocycles. The van der Waals surface area contributed by atoms with E-state index in [0.717, 1.165) is 28.7 Å². The van der Waals surface area contributed by atoms with Gasteiger partial charge in [0.15, 0.2) is 0 Å². The zero-order valence-corrected chi connectivity index (χ0v) is 9.91. The second-order valence-corrected chi connectivity index (χ2v) is 3.92. The van der Waals surface area contributed by atoms with Crippen LogP contribution in [0.25, 0.3) is 22.2 Å². The van der Waals surface area contributed by atoms with E-state index in [1.165, 1.54) is 0 Å². The fraction of sp³-hybridized carbons (Fsp3) is 0.250. The third-order valence-electron chi connectivity index (χ3n) is 2.75. The fourth-order valence-electron chi connectivity index (χ4n) is 1.85. The van der Waals surface area contributed by atoms with Crippen molar-refractivity contribution in [1.29, 1.82) is 0 Å². The summed E-state index contributed by atoms with van der Waals surface area (Å²) in [6.07, 6.45) is 3.77. The zero-order chi connectivity index (χ0) is 12.4. The van der Waals surface area contributed by atoms with Gasteiger partial charge >= 0.3 is 0 Å². The Morgan fingerprint density at radius 2 is 2.28 bits per heavy atom. The zero-order valence-electron chi connectivity index (χ0n) is 9.91. The fourth-order valence-corrected chi connectivity index (χ4v) is 1.85. The van der Waals surface area contributed by atoms with E-state index in [-0.39, 0.29) is 0 Å². The molecule has 0 aliphatic carbocycles. The van der Waals surface area contributed by atoms with E-state index in [4.69, 9.17) is 9.37 Å². The van der Waals surface area contributed by atoms with Crippen LogP contribution < -0.4 is 0 Å². The Bertz CT molecular complexity index is 659. The van der Waals surface area contributed by atoms with E-state index >= 15 is 0 Å². The molecule has 3 rings (SSSR count). The van der Waals surface area contributed by atoms with Crippen molar-refractivity contribution in [2.45, 2.75) is 6.54 Å². The average Bonchev–Trinajstić information content (AvgIpc) is 3.04. The molecule has 0 bridgehead atoms. The summed E-state index contributed by atoms with van der Waals surface area (Å²) < 4.78 is 11.6. The standard InChI is InChI=1S/C12H12N4O2/c1-17-6-5-16-8-9(7-13-16)10-3-2-4-11-12(10)15-18-14-11/h2-4,7-8H,5-6H2,1H3. The Hall–Kier alpha value is -2.21. The van der Waals surface area contributed by atoms with Gasteiger partial charge in [0.1, 0.15) is 11.0 Å². The van der Waals surface area contributed by atoms with Crippen LogP contribution in [0.5, 0.6) is 0 Å². The lowest BCUT2D eigenvalue weighted by Crippen LogP contribution is -2.03. The predicted octanol–water partition coefficient (Wildman–Crippen LogP) is 1.73. The molecule has 0 radical (unpaired) electrons. The molecular weight excluding hydrogens is 232 g/mol. The maximum Gasteiger partial charge on any atom is 0.143 e. The first-order valence-corrected chi connectivity index (χ1v) is 5.61. The second-order valence-electron chi connectivity index (χ2n) is 3.92. The van der Waals surface area contributed by atoms with Gasteiger partial charge < -0.3 is 4.74 Å². The first-order chi connectivity index (χ1) is 8.88. The summed E-state index contributed by atoms with van der Waals surface area (Å²) in [5.41, 5.74) is 3.46. The summed E-state index contributed by atoms with van der Waals surface area (Å²) in [5, 5.41) is 12.0. The molecule has 6 nitrogen and oxygen atoms in total. The van der Waals surface area contributed by atoms with E-state index in [1.54, 1.807) is 13.3 Å². The van der Waals surface area contributed by atoms with Crippen molar-refractivity contribution in [1.82, 2.24) is 20.1 Å². The molecule has 1 aromatic carbocycles.